The van der Waals surface area contributed by atoms with E-state index in [2.05, 4.69) is 10.3 Å². The first-order chi connectivity index (χ1) is 11.9. The van der Waals surface area contributed by atoms with E-state index in [9.17, 15) is 14.3 Å². The number of urea groups is 1. The van der Waals surface area contributed by atoms with E-state index in [0.717, 1.165) is 23.4 Å². The van der Waals surface area contributed by atoms with E-state index in [1.54, 1.807) is 25.2 Å². The van der Waals surface area contributed by atoms with Crippen molar-refractivity contribution in [1.29, 1.82) is 0 Å². The topological polar surface area (TPSA) is 65.5 Å². The summed E-state index contributed by atoms with van der Waals surface area (Å²) < 4.78 is 13.8. The van der Waals surface area contributed by atoms with E-state index in [0.29, 0.717) is 29.6 Å². The maximum atomic E-state index is 13.8. The molecule has 3 rings (SSSR count). The number of anilines is 1. The van der Waals surface area contributed by atoms with Gasteiger partial charge in [-0.05, 0) is 37.3 Å². The first-order valence-corrected chi connectivity index (χ1v) is 9.15. The fraction of sp³-hybridized carbons (Fsp3) is 0.444. The SMILES string of the molecule is Cc1nc(NC(=O)N(C)CC(O)C2CC2)sc1Cc1ccccc1F. The van der Waals surface area contributed by atoms with Crippen molar-refractivity contribution >= 4 is 22.5 Å². The minimum absolute atomic E-state index is 0.241. The zero-order valence-electron chi connectivity index (χ0n) is 14.3. The highest BCUT2D eigenvalue weighted by Crippen LogP contribution is 2.33. The molecule has 5 nitrogen and oxygen atoms in total. The van der Waals surface area contributed by atoms with Crippen LogP contribution < -0.4 is 5.32 Å². The van der Waals surface area contributed by atoms with Crippen LogP contribution in [0.2, 0.25) is 0 Å². The summed E-state index contributed by atoms with van der Waals surface area (Å²) in [5.41, 5.74) is 1.39. The van der Waals surface area contributed by atoms with Gasteiger partial charge >= 0.3 is 6.03 Å². The van der Waals surface area contributed by atoms with E-state index in [4.69, 9.17) is 0 Å². The van der Waals surface area contributed by atoms with Crippen LogP contribution in [0.3, 0.4) is 0 Å². The molecule has 25 heavy (non-hydrogen) atoms. The molecule has 0 radical (unpaired) electrons. The predicted octanol–water partition coefficient (Wildman–Crippen LogP) is 3.42. The van der Waals surface area contributed by atoms with Gasteiger partial charge in [-0.3, -0.25) is 5.32 Å². The Morgan fingerprint density at radius 1 is 1.48 bits per heavy atom. The zero-order chi connectivity index (χ0) is 18.0. The van der Waals surface area contributed by atoms with E-state index in [-0.39, 0.29) is 11.8 Å². The molecule has 1 saturated carbocycles. The minimum Gasteiger partial charge on any atom is -0.391 e. The van der Waals surface area contributed by atoms with Crippen LogP contribution in [0.15, 0.2) is 24.3 Å². The predicted molar refractivity (Wildman–Crippen MR) is 96.4 cm³/mol. The molecule has 1 fully saturated rings. The van der Waals surface area contributed by atoms with E-state index in [1.807, 2.05) is 6.92 Å². The second-order valence-corrected chi connectivity index (χ2v) is 7.59. The maximum Gasteiger partial charge on any atom is 0.323 e. The quantitative estimate of drug-likeness (QED) is 0.826. The van der Waals surface area contributed by atoms with Gasteiger partial charge in [0.2, 0.25) is 0 Å². The smallest absolute Gasteiger partial charge is 0.323 e. The van der Waals surface area contributed by atoms with Gasteiger partial charge in [-0.15, -0.1) is 11.3 Å². The van der Waals surface area contributed by atoms with Crippen LogP contribution in [0, 0.1) is 18.7 Å². The summed E-state index contributed by atoms with van der Waals surface area (Å²) >= 11 is 1.35. The van der Waals surface area contributed by atoms with Crippen LogP contribution >= 0.6 is 11.3 Å². The van der Waals surface area contributed by atoms with Gasteiger partial charge in [0.25, 0.3) is 0 Å². The number of likely N-dealkylation sites (N-methyl/N-ethyl adjacent to an activating group) is 1. The molecule has 1 aliphatic carbocycles. The maximum absolute atomic E-state index is 13.8. The van der Waals surface area contributed by atoms with Crippen LogP contribution in [0.1, 0.15) is 29.0 Å². The summed E-state index contributed by atoms with van der Waals surface area (Å²) in [5.74, 6) is 0.0828. The third-order valence-electron chi connectivity index (χ3n) is 4.39. The number of hydrogen-bond acceptors (Lipinski definition) is 4. The first kappa shape index (κ1) is 17.8. The molecule has 1 atom stereocenters. The molecule has 1 aliphatic rings. The van der Waals surface area contributed by atoms with Crippen molar-refractivity contribution in [2.45, 2.75) is 32.3 Å². The zero-order valence-corrected chi connectivity index (χ0v) is 15.1. The van der Waals surface area contributed by atoms with Crippen LogP contribution in [0.5, 0.6) is 0 Å². The Kier molecular flexibility index (Phi) is 5.34. The van der Waals surface area contributed by atoms with Gasteiger partial charge in [-0.25, -0.2) is 14.2 Å². The lowest BCUT2D eigenvalue weighted by Gasteiger charge is -2.20. The highest BCUT2D eigenvalue weighted by atomic mass is 32.1. The lowest BCUT2D eigenvalue weighted by molar-refractivity contribution is 0.117. The highest BCUT2D eigenvalue weighted by Gasteiger charge is 2.31. The van der Waals surface area contributed by atoms with E-state index < -0.39 is 6.10 Å². The summed E-state index contributed by atoms with van der Waals surface area (Å²) in [6, 6.07) is 6.35. The lowest BCUT2D eigenvalue weighted by atomic mass is 10.1. The third kappa shape index (κ3) is 4.55. The summed E-state index contributed by atoms with van der Waals surface area (Å²) in [4.78, 5) is 19.0. The Labute approximate surface area is 150 Å². The normalized spacial score (nSPS) is 15.0. The highest BCUT2D eigenvalue weighted by molar-refractivity contribution is 7.15. The number of amides is 2. The summed E-state index contributed by atoms with van der Waals surface area (Å²) in [6.45, 7) is 2.16. The van der Waals surface area contributed by atoms with Crippen molar-refractivity contribution < 1.29 is 14.3 Å². The molecule has 2 N–H and O–H groups in total. The van der Waals surface area contributed by atoms with Crippen molar-refractivity contribution in [2.24, 2.45) is 5.92 Å². The average Bonchev–Trinajstić information content (AvgIpc) is 3.36. The third-order valence-corrected chi connectivity index (χ3v) is 5.46. The Morgan fingerprint density at radius 3 is 2.88 bits per heavy atom. The molecule has 2 aromatic rings. The Morgan fingerprint density at radius 2 is 2.20 bits per heavy atom. The number of aryl methyl sites for hydroxylation is 1. The summed E-state index contributed by atoms with van der Waals surface area (Å²) in [7, 11) is 1.65. The number of aliphatic hydroxyl groups excluding tert-OH is 1. The number of thiazole rings is 1. The van der Waals surface area contributed by atoms with Crippen LogP contribution in [-0.4, -0.2) is 40.7 Å². The van der Waals surface area contributed by atoms with Crippen LogP contribution in [0.4, 0.5) is 14.3 Å². The molecule has 2 amide bonds. The van der Waals surface area contributed by atoms with E-state index in [1.165, 1.54) is 22.3 Å². The molecule has 1 unspecified atom stereocenters. The molecule has 1 heterocycles. The summed E-state index contributed by atoms with van der Waals surface area (Å²) in [6.07, 6.45) is 2.04. The molecule has 0 bridgehead atoms. The van der Waals surface area contributed by atoms with Gasteiger partial charge in [0, 0.05) is 24.9 Å². The van der Waals surface area contributed by atoms with Crippen molar-refractivity contribution in [1.82, 2.24) is 9.88 Å². The molecule has 0 saturated heterocycles. The van der Waals surface area contributed by atoms with Gasteiger partial charge in [-0.1, -0.05) is 18.2 Å². The molecule has 1 aromatic carbocycles. The van der Waals surface area contributed by atoms with E-state index >= 15 is 0 Å². The standard InChI is InChI=1S/C18H22FN3O2S/c1-11-16(9-13-5-3-4-6-14(13)19)25-17(20-11)21-18(24)22(2)10-15(23)12-7-8-12/h3-6,12,15,23H,7-10H2,1-2H3,(H,20,21,24). The molecule has 0 spiro atoms. The Hall–Kier alpha value is -1.99. The van der Waals surface area contributed by atoms with Crippen molar-refractivity contribution in [2.75, 3.05) is 18.9 Å². The molecule has 134 valence electrons. The van der Waals surface area contributed by atoms with Gasteiger partial charge in [0.05, 0.1) is 11.8 Å². The molecule has 0 aliphatic heterocycles. The molecule has 7 heteroatoms. The van der Waals surface area contributed by atoms with Crippen LogP contribution in [0.25, 0.3) is 0 Å². The Bertz CT molecular complexity index is 761. The number of rotatable bonds is 6. The number of halogens is 1. The van der Waals surface area contributed by atoms with Gasteiger partial charge in [0.1, 0.15) is 5.82 Å². The van der Waals surface area contributed by atoms with Gasteiger partial charge < -0.3 is 10.0 Å². The fourth-order valence-corrected chi connectivity index (χ4v) is 3.62. The van der Waals surface area contributed by atoms with Crippen molar-refractivity contribution in [3.05, 3.63) is 46.2 Å². The van der Waals surface area contributed by atoms with Crippen molar-refractivity contribution in [3.8, 4) is 0 Å². The number of aliphatic hydroxyl groups is 1. The second-order valence-electron chi connectivity index (χ2n) is 6.51. The van der Waals surface area contributed by atoms with Crippen LogP contribution in [-0.2, 0) is 6.42 Å². The number of nitrogens with zero attached hydrogens (tertiary/aromatic N) is 2. The number of benzene rings is 1. The monoisotopic (exact) mass is 363 g/mol. The van der Waals surface area contributed by atoms with Crippen molar-refractivity contribution in [3.63, 3.8) is 0 Å². The van der Waals surface area contributed by atoms with Gasteiger partial charge in [0.15, 0.2) is 5.13 Å². The van der Waals surface area contributed by atoms with Gasteiger partial charge in [-0.2, -0.15) is 0 Å². The number of carbonyl (C=O) groups is 1. The fourth-order valence-electron chi connectivity index (χ4n) is 2.64. The molecular weight excluding hydrogens is 341 g/mol. The Balaban J connectivity index is 1.61. The number of nitrogens with one attached hydrogen (secondary N) is 1. The number of carbonyl (C=O) groups excluding carboxylic acids is 1. The minimum atomic E-state index is -0.467. The second kappa shape index (κ2) is 7.49. The lowest BCUT2D eigenvalue weighted by Crippen LogP contribution is -2.37. The number of aromatic nitrogens is 1. The molecule has 1 aromatic heterocycles. The average molecular weight is 363 g/mol. The molecular formula is C18H22FN3O2S. The largest absolute Gasteiger partial charge is 0.391 e. The first-order valence-electron chi connectivity index (χ1n) is 8.34. The summed E-state index contributed by atoms with van der Waals surface area (Å²) in [5, 5.41) is 13.2. The number of hydrogen-bond donors (Lipinski definition) is 2.